The second-order valence-corrected chi connectivity index (χ2v) is 11.3. The van der Waals surface area contributed by atoms with Crippen LogP contribution in [0, 0.1) is 11.7 Å². The first-order chi connectivity index (χ1) is 17.3. The summed E-state index contributed by atoms with van der Waals surface area (Å²) in [5, 5.41) is 11.9. The van der Waals surface area contributed by atoms with Crippen LogP contribution >= 0.6 is 11.6 Å². The molecule has 200 valence electrons. The first kappa shape index (κ1) is 25.7. The highest BCUT2D eigenvalue weighted by atomic mass is 35.5. The number of nitrogens with zero attached hydrogens (tertiary/aromatic N) is 2. The largest absolute Gasteiger partial charge is 0.477 e. The van der Waals surface area contributed by atoms with E-state index >= 15 is 4.39 Å². The number of carboxylic acid groups (broad SMARTS) is 1. The second-order valence-electron chi connectivity index (χ2n) is 11.0. The number of rotatable bonds is 5. The molecule has 37 heavy (non-hydrogen) atoms. The van der Waals surface area contributed by atoms with Crippen molar-refractivity contribution in [2.24, 2.45) is 5.92 Å². The summed E-state index contributed by atoms with van der Waals surface area (Å²) in [6, 6.07) is 0.278. The van der Waals surface area contributed by atoms with Crippen LogP contribution in [0.3, 0.4) is 0 Å². The summed E-state index contributed by atoms with van der Waals surface area (Å²) >= 11 is 6.72. The fraction of sp³-hybridized carbons (Fsp3) is 0.560. The van der Waals surface area contributed by atoms with Crippen LogP contribution in [0.15, 0.2) is 17.1 Å². The number of hydrogen-bond donors (Lipinski definition) is 2. The molecule has 4 unspecified atom stereocenters. The van der Waals surface area contributed by atoms with Gasteiger partial charge in [0.25, 0.3) is 0 Å². The molecule has 3 fully saturated rings. The lowest BCUT2D eigenvalue weighted by Gasteiger charge is -2.30. The molecule has 1 saturated carbocycles. The Morgan fingerprint density at radius 2 is 2.08 bits per heavy atom. The number of hydrogen-bond acceptors (Lipinski definition) is 6. The van der Waals surface area contributed by atoms with E-state index in [9.17, 15) is 23.9 Å². The third-order valence-electron chi connectivity index (χ3n) is 7.20. The Morgan fingerprint density at radius 1 is 1.38 bits per heavy atom. The molecule has 0 bridgehead atoms. The zero-order chi connectivity index (χ0) is 26.9. The van der Waals surface area contributed by atoms with Crippen LogP contribution < -0.4 is 15.6 Å². The van der Waals surface area contributed by atoms with E-state index in [-0.39, 0.29) is 47.0 Å². The van der Waals surface area contributed by atoms with Gasteiger partial charge in [0.15, 0.2) is 0 Å². The normalized spacial score (nSPS) is 26.9. The Bertz CT molecular complexity index is 1360. The monoisotopic (exact) mass is 539 g/mol. The minimum Gasteiger partial charge on any atom is -0.477 e. The lowest BCUT2D eigenvalue weighted by Crippen LogP contribution is -2.49. The molecule has 3 heterocycles. The third kappa shape index (κ3) is 4.52. The van der Waals surface area contributed by atoms with Crippen LogP contribution in [-0.2, 0) is 9.47 Å². The molecule has 1 aliphatic carbocycles. The maximum atomic E-state index is 15.5. The number of alkyl carbamates (subject to hydrolysis) is 1. The molecule has 1 aromatic heterocycles. The fourth-order valence-corrected chi connectivity index (χ4v) is 5.81. The van der Waals surface area contributed by atoms with Crippen molar-refractivity contribution in [3.63, 3.8) is 0 Å². The molecule has 2 aromatic rings. The molecule has 1 amide bonds. The van der Waals surface area contributed by atoms with Crippen LogP contribution in [0.1, 0.15) is 50.0 Å². The minimum absolute atomic E-state index is 0.0242. The van der Waals surface area contributed by atoms with Crippen LogP contribution in [0.5, 0.6) is 0 Å². The summed E-state index contributed by atoms with van der Waals surface area (Å²) in [7, 11) is 0. The van der Waals surface area contributed by atoms with Crippen LogP contribution in [0.25, 0.3) is 10.9 Å². The number of amides is 1. The fourth-order valence-electron chi connectivity index (χ4n) is 5.40. The average Bonchev–Trinajstić information content (AvgIpc) is 3.22. The Balaban J connectivity index is 1.52. The number of anilines is 1. The van der Waals surface area contributed by atoms with Gasteiger partial charge in [-0.2, -0.15) is 0 Å². The molecule has 9 nitrogen and oxygen atoms in total. The van der Waals surface area contributed by atoms with Crippen molar-refractivity contribution in [1.82, 2.24) is 9.88 Å². The predicted octanol–water partition coefficient (Wildman–Crippen LogP) is 3.90. The van der Waals surface area contributed by atoms with Gasteiger partial charge in [-0.1, -0.05) is 11.6 Å². The number of fused-ring (bicyclic) bond motifs is 2. The Morgan fingerprint density at radius 3 is 2.70 bits per heavy atom. The number of carbonyl (C=O) groups is 2. The van der Waals surface area contributed by atoms with Gasteiger partial charge in [-0.25, -0.2) is 18.4 Å². The molecule has 4 atom stereocenters. The van der Waals surface area contributed by atoms with Crippen molar-refractivity contribution in [3.05, 3.63) is 38.9 Å². The molecule has 12 heteroatoms. The maximum absolute atomic E-state index is 15.5. The van der Waals surface area contributed by atoms with Gasteiger partial charge in [-0.15, -0.1) is 0 Å². The van der Waals surface area contributed by atoms with Crippen LogP contribution in [0.2, 0.25) is 5.02 Å². The summed E-state index contributed by atoms with van der Waals surface area (Å²) in [6.07, 6.45) is 0.0990. The lowest BCUT2D eigenvalue weighted by atomic mass is 9.91. The molecule has 2 saturated heterocycles. The van der Waals surface area contributed by atoms with Crippen molar-refractivity contribution < 1.29 is 33.0 Å². The van der Waals surface area contributed by atoms with E-state index in [4.69, 9.17) is 21.1 Å². The standard InChI is InChI=1S/C25H28ClF2N3O6/c1-24(2,3)37-23(35)29-10-25-11-30(8-12(25)4-5-36-25)20-16(28)6-13-19(18(20)26)31(17-7-15(17)27)9-14(21(13)32)22(33)34/h6,9,12,15,17H,4-5,7-8,10-11H2,1-3H3,(H,29,35)(H,33,34). The van der Waals surface area contributed by atoms with Crippen molar-refractivity contribution in [1.29, 1.82) is 0 Å². The van der Waals surface area contributed by atoms with Crippen LogP contribution in [-0.4, -0.2) is 65.4 Å². The van der Waals surface area contributed by atoms with Crippen molar-refractivity contribution >= 4 is 40.3 Å². The molecule has 5 rings (SSSR count). The van der Waals surface area contributed by atoms with Crippen molar-refractivity contribution in [3.8, 4) is 0 Å². The Hall–Kier alpha value is -2.92. The summed E-state index contributed by atoms with van der Waals surface area (Å²) in [6.45, 7) is 6.49. The van der Waals surface area contributed by atoms with E-state index in [2.05, 4.69) is 5.32 Å². The maximum Gasteiger partial charge on any atom is 0.407 e. The SMILES string of the molecule is CC(C)(C)OC(=O)NCC12CN(c3c(F)cc4c(=O)c(C(=O)O)cn(C5CC5F)c4c3Cl)CC1CCO2. The molecule has 2 N–H and O–H groups in total. The molecule has 0 radical (unpaired) electrons. The summed E-state index contributed by atoms with van der Waals surface area (Å²) < 4.78 is 42.3. The molecule has 3 aliphatic rings. The number of pyridine rings is 1. The van der Waals surface area contributed by atoms with Crippen molar-refractivity contribution in [2.75, 3.05) is 31.1 Å². The molecular formula is C25H28ClF2N3O6. The van der Waals surface area contributed by atoms with Gasteiger partial charge >= 0.3 is 12.1 Å². The topological polar surface area (TPSA) is 110 Å². The van der Waals surface area contributed by atoms with E-state index < -0.39 is 52.3 Å². The average molecular weight is 540 g/mol. The number of aromatic carboxylic acids is 1. The van der Waals surface area contributed by atoms with Gasteiger partial charge in [0.05, 0.1) is 34.2 Å². The summed E-state index contributed by atoms with van der Waals surface area (Å²) in [5.74, 6) is -2.32. The molecule has 2 aliphatic heterocycles. The van der Waals surface area contributed by atoms with Gasteiger partial charge in [-0.3, -0.25) is 4.79 Å². The smallest absolute Gasteiger partial charge is 0.407 e. The Kier molecular flexibility index (Phi) is 6.14. The van der Waals surface area contributed by atoms with Gasteiger partial charge in [0, 0.05) is 38.2 Å². The minimum atomic E-state index is -1.48. The third-order valence-corrected chi connectivity index (χ3v) is 7.56. The number of nitrogens with one attached hydrogen (secondary N) is 1. The number of halogens is 3. The summed E-state index contributed by atoms with van der Waals surface area (Å²) in [5.41, 5.74) is -2.81. The van der Waals surface area contributed by atoms with Gasteiger partial charge in [0.2, 0.25) is 5.43 Å². The highest BCUT2D eigenvalue weighted by Gasteiger charge is 2.52. The van der Waals surface area contributed by atoms with Gasteiger partial charge in [-0.05, 0) is 33.3 Å². The highest BCUT2D eigenvalue weighted by molar-refractivity contribution is 6.38. The van der Waals surface area contributed by atoms with Crippen LogP contribution in [0.4, 0.5) is 19.3 Å². The van der Waals surface area contributed by atoms with E-state index in [1.807, 2.05) is 0 Å². The van der Waals surface area contributed by atoms with Gasteiger partial charge in [0.1, 0.15) is 28.8 Å². The van der Waals surface area contributed by atoms with Crippen molar-refractivity contribution in [2.45, 2.75) is 57.0 Å². The molecule has 0 spiro atoms. The number of aromatic nitrogens is 1. The van der Waals surface area contributed by atoms with E-state index in [0.29, 0.717) is 19.6 Å². The lowest BCUT2D eigenvalue weighted by molar-refractivity contribution is -0.000269. The first-order valence-corrected chi connectivity index (χ1v) is 12.5. The number of ether oxygens (including phenoxy) is 2. The number of carbonyl (C=O) groups excluding carboxylic acids is 1. The molecule has 1 aromatic carbocycles. The zero-order valence-electron chi connectivity index (χ0n) is 20.6. The van der Waals surface area contributed by atoms with Gasteiger partial charge < -0.3 is 29.4 Å². The first-order valence-electron chi connectivity index (χ1n) is 12.1. The Labute approximate surface area is 216 Å². The summed E-state index contributed by atoms with van der Waals surface area (Å²) in [4.78, 5) is 38.4. The number of carboxylic acids is 1. The highest BCUT2D eigenvalue weighted by Crippen LogP contribution is 2.47. The molecular weight excluding hydrogens is 512 g/mol. The zero-order valence-corrected chi connectivity index (χ0v) is 21.4. The quantitative estimate of drug-likeness (QED) is 0.593. The predicted molar refractivity (Wildman–Crippen MR) is 132 cm³/mol. The van der Waals surface area contributed by atoms with E-state index in [1.165, 1.54) is 4.57 Å². The number of benzene rings is 1. The van der Waals surface area contributed by atoms with E-state index in [0.717, 1.165) is 12.3 Å². The van der Waals surface area contributed by atoms with E-state index in [1.54, 1.807) is 25.7 Å². The second kappa shape index (κ2) is 8.83. The number of alkyl halides is 1.